The van der Waals surface area contributed by atoms with Crippen LogP contribution in [0.3, 0.4) is 0 Å². The molecule has 2 aliphatic heterocycles. The Balaban J connectivity index is 1.37. The van der Waals surface area contributed by atoms with E-state index in [-0.39, 0.29) is 18.6 Å². The van der Waals surface area contributed by atoms with Crippen molar-refractivity contribution in [3.8, 4) is 5.75 Å². The van der Waals surface area contributed by atoms with Crippen LogP contribution in [-0.4, -0.2) is 40.5 Å². The quantitative estimate of drug-likeness (QED) is 0.914. The molecular weight excluding hydrogens is 328 g/mol. The smallest absolute Gasteiger partial charge is 0.260 e. The fourth-order valence-corrected chi connectivity index (χ4v) is 3.54. The molecule has 6 nitrogen and oxygen atoms in total. The van der Waals surface area contributed by atoms with E-state index in [9.17, 15) is 4.79 Å². The lowest BCUT2D eigenvalue weighted by Crippen LogP contribution is -2.39. The lowest BCUT2D eigenvalue weighted by atomic mass is 10.0. The molecule has 1 amide bonds. The van der Waals surface area contributed by atoms with Crippen molar-refractivity contribution >= 4 is 5.91 Å². The molecule has 1 saturated heterocycles. The first-order chi connectivity index (χ1) is 12.8. The van der Waals surface area contributed by atoms with Gasteiger partial charge in [-0.25, -0.2) is 9.97 Å². The number of aromatic nitrogens is 2. The lowest BCUT2D eigenvalue weighted by molar-refractivity contribution is -0.134. The maximum Gasteiger partial charge on any atom is 0.260 e. The van der Waals surface area contributed by atoms with E-state index in [1.54, 1.807) is 0 Å². The van der Waals surface area contributed by atoms with Crippen LogP contribution in [0.2, 0.25) is 0 Å². The third-order valence-corrected chi connectivity index (χ3v) is 5.03. The number of fused-ring (bicyclic) bond motifs is 1. The van der Waals surface area contributed by atoms with Gasteiger partial charge in [-0.05, 0) is 31.5 Å². The zero-order valence-corrected chi connectivity index (χ0v) is 14.9. The van der Waals surface area contributed by atoms with E-state index in [4.69, 9.17) is 9.72 Å². The number of rotatable bonds is 4. The zero-order valence-electron chi connectivity index (χ0n) is 14.9. The number of amides is 1. The number of benzene rings is 1. The van der Waals surface area contributed by atoms with Gasteiger partial charge in [-0.15, -0.1) is 0 Å². The zero-order chi connectivity index (χ0) is 17.8. The van der Waals surface area contributed by atoms with Crippen molar-refractivity contribution in [3.05, 3.63) is 53.6 Å². The van der Waals surface area contributed by atoms with Gasteiger partial charge in [0.05, 0.1) is 11.7 Å². The molecule has 6 heteroatoms. The van der Waals surface area contributed by atoms with Crippen LogP contribution in [0.1, 0.15) is 42.4 Å². The van der Waals surface area contributed by atoms with Crippen molar-refractivity contribution in [2.24, 2.45) is 0 Å². The van der Waals surface area contributed by atoms with Gasteiger partial charge in [0.2, 0.25) is 0 Å². The van der Waals surface area contributed by atoms with Crippen molar-refractivity contribution in [3.63, 3.8) is 0 Å². The van der Waals surface area contributed by atoms with E-state index >= 15 is 0 Å². The second kappa shape index (κ2) is 7.83. The number of piperidine rings is 1. The highest BCUT2D eigenvalue weighted by atomic mass is 16.5. The number of hydrogen-bond acceptors (Lipinski definition) is 5. The highest BCUT2D eigenvalue weighted by Gasteiger charge is 2.24. The Morgan fingerprint density at radius 3 is 2.96 bits per heavy atom. The first-order valence-electron chi connectivity index (χ1n) is 9.33. The van der Waals surface area contributed by atoms with Crippen molar-refractivity contribution < 1.29 is 9.53 Å². The van der Waals surface area contributed by atoms with Gasteiger partial charge in [0.25, 0.3) is 5.91 Å². The van der Waals surface area contributed by atoms with Gasteiger partial charge in [0.15, 0.2) is 6.61 Å². The summed E-state index contributed by atoms with van der Waals surface area (Å²) < 4.78 is 5.58. The Morgan fingerprint density at radius 2 is 2.15 bits per heavy atom. The monoisotopic (exact) mass is 352 g/mol. The molecule has 1 unspecified atom stereocenters. The summed E-state index contributed by atoms with van der Waals surface area (Å²) in [6.45, 7) is 2.34. The van der Waals surface area contributed by atoms with Gasteiger partial charge in [-0.2, -0.15) is 0 Å². The number of carbonyl (C=O) groups is 1. The average Bonchev–Trinajstić information content (AvgIpc) is 2.72. The second-order valence-electron chi connectivity index (χ2n) is 6.87. The SMILES string of the molecule is O=C(COc1ccccc1)N1CCc2nc(C3CCCCN3)ncc2C1. The number of para-hydroxylation sites is 1. The molecule has 1 aromatic carbocycles. The van der Waals surface area contributed by atoms with Gasteiger partial charge >= 0.3 is 0 Å². The first-order valence-corrected chi connectivity index (χ1v) is 9.33. The molecule has 1 atom stereocenters. The number of nitrogens with zero attached hydrogens (tertiary/aromatic N) is 3. The van der Waals surface area contributed by atoms with Gasteiger partial charge in [-0.3, -0.25) is 4.79 Å². The van der Waals surface area contributed by atoms with Crippen molar-refractivity contribution in [1.82, 2.24) is 20.2 Å². The number of carbonyl (C=O) groups excluding carboxylic acids is 1. The second-order valence-corrected chi connectivity index (χ2v) is 6.87. The molecule has 2 aromatic rings. The van der Waals surface area contributed by atoms with Gasteiger partial charge in [-0.1, -0.05) is 24.6 Å². The van der Waals surface area contributed by atoms with Crippen LogP contribution in [0.5, 0.6) is 5.75 Å². The number of ether oxygens (including phenoxy) is 1. The van der Waals surface area contributed by atoms with Crippen LogP contribution in [0.25, 0.3) is 0 Å². The summed E-state index contributed by atoms with van der Waals surface area (Å²) in [4.78, 5) is 23.6. The molecule has 4 rings (SSSR count). The summed E-state index contributed by atoms with van der Waals surface area (Å²) >= 11 is 0. The van der Waals surface area contributed by atoms with Crippen LogP contribution < -0.4 is 10.1 Å². The summed E-state index contributed by atoms with van der Waals surface area (Å²) in [5.74, 6) is 1.61. The molecule has 0 radical (unpaired) electrons. The molecule has 0 bridgehead atoms. The molecule has 136 valence electrons. The summed E-state index contributed by atoms with van der Waals surface area (Å²) in [5, 5.41) is 3.50. The minimum atomic E-state index is -0.00229. The van der Waals surface area contributed by atoms with Crippen molar-refractivity contribution in [1.29, 1.82) is 0 Å². The third kappa shape index (κ3) is 3.85. The largest absolute Gasteiger partial charge is 0.484 e. The average molecular weight is 352 g/mol. The molecule has 1 fully saturated rings. The molecule has 1 N–H and O–H groups in total. The highest BCUT2D eigenvalue weighted by Crippen LogP contribution is 2.23. The van der Waals surface area contributed by atoms with Crippen LogP contribution in [0.15, 0.2) is 36.5 Å². The molecular formula is C20H24N4O2. The Bertz CT molecular complexity index is 760. The van der Waals surface area contributed by atoms with E-state index in [0.29, 0.717) is 18.8 Å². The van der Waals surface area contributed by atoms with E-state index in [0.717, 1.165) is 36.5 Å². The molecule has 0 spiro atoms. The molecule has 26 heavy (non-hydrogen) atoms. The minimum Gasteiger partial charge on any atom is -0.484 e. The van der Waals surface area contributed by atoms with Crippen molar-refractivity contribution in [2.75, 3.05) is 19.7 Å². The third-order valence-electron chi connectivity index (χ3n) is 5.03. The van der Waals surface area contributed by atoms with E-state index < -0.39 is 0 Å². The topological polar surface area (TPSA) is 67.3 Å². The summed E-state index contributed by atoms with van der Waals surface area (Å²) in [7, 11) is 0. The van der Waals surface area contributed by atoms with Crippen LogP contribution in [0.4, 0.5) is 0 Å². The minimum absolute atomic E-state index is 0.00229. The first kappa shape index (κ1) is 17.0. The van der Waals surface area contributed by atoms with Crippen LogP contribution in [0, 0.1) is 0 Å². The highest BCUT2D eigenvalue weighted by molar-refractivity contribution is 5.78. The molecule has 2 aliphatic rings. The normalized spacial score (nSPS) is 19.7. The maximum atomic E-state index is 12.4. The van der Waals surface area contributed by atoms with Gasteiger partial charge < -0.3 is 15.0 Å². The van der Waals surface area contributed by atoms with Crippen LogP contribution in [-0.2, 0) is 17.8 Å². The summed E-state index contributed by atoms with van der Waals surface area (Å²) in [5.41, 5.74) is 2.12. The van der Waals surface area contributed by atoms with E-state index in [1.807, 2.05) is 41.4 Å². The molecule has 0 aliphatic carbocycles. The Morgan fingerprint density at radius 1 is 1.27 bits per heavy atom. The lowest BCUT2D eigenvalue weighted by Gasteiger charge is -2.29. The summed E-state index contributed by atoms with van der Waals surface area (Å²) in [6.07, 6.45) is 6.21. The van der Waals surface area contributed by atoms with E-state index in [2.05, 4.69) is 10.3 Å². The molecule has 3 heterocycles. The van der Waals surface area contributed by atoms with Gasteiger partial charge in [0, 0.05) is 31.3 Å². The maximum absolute atomic E-state index is 12.4. The number of hydrogen-bond donors (Lipinski definition) is 1. The number of nitrogens with one attached hydrogen (secondary N) is 1. The molecule has 1 aromatic heterocycles. The summed E-state index contributed by atoms with van der Waals surface area (Å²) in [6, 6.07) is 9.70. The Hall–Kier alpha value is -2.47. The fraction of sp³-hybridized carbons (Fsp3) is 0.450. The predicted octanol–water partition coefficient (Wildman–Crippen LogP) is 2.25. The standard InChI is InChI=1S/C20H24N4O2/c25-19(14-26-16-6-2-1-3-7-16)24-11-9-17-15(13-24)12-22-20(23-17)18-8-4-5-10-21-18/h1-3,6-7,12,18,21H,4-5,8-11,13-14H2. The van der Waals surface area contributed by atoms with Crippen LogP contribution >= 0.6 is 0 Å². The van der Waals surface area contributed by atoms with Gasteiger partial charge in [0.1, 0.15) is 11.6 Å². The Labute approximate surface area is 153 Å². The predicted molar refractivity (Wildman–Crippen MR) is 97.7 cm³/mol. The van der Waals surface area contributed by atoms with E-state index in [1.165, 1.54) is 12.8 Å². The van der Waals surface area contributed by atoms with Crippen molar-refractivity contribution in [2.45, 2.75) is 38.3 Å². The Kier molecular flexibility index (Phi) is 5.11. The fourth-order valence-electron chi connectivity index (χ4n) is 3.54. The molecule has 0 saturated carbocycles.